The van der Waals surface area contributed by atoms with Gasteiger partial charge in [0, 0.05) is 44.8 Å². The minimum Gasteiger partial charge on any atom is -0.508 e. The molecule has 19 atom stereocenters. The molecule has 3 heterocycles. The molecule has 1 aromatic rings. The molecule has 4 saturated carbocycles. The molecule has 4 aliphatic carbocycles. The Morgan fingerprint density at radius 1 is 0.817 bits per heavy atom. The molecule has 0 unspecified atom stereocenters. The lowest BCUT2D eigenvalue weighted by atomic mass is 9.43. The zero-order chi connectivity index (χ0) is 43.1. The standard InChI is InChI=1S/C45H64O15/c1-22(46)30-15-18-45-43(30,6)40(56-25(4)47)38(58-32(49)19-26-9-11-28(48)12-10-26)39-42(5)16-14-29(20-27(42)13-17-44(39,45)60-45)57-33-21-31(52-7)36(24(3)54-33)59-41-35(51)37(53-8)34(50)23(2)55-41/h9-12,23-24,27,29-31,33-41,48,50-51H,13-21H2,1-8H3/t23-,24-,27+,29+,30+,31-,33+,34-,35-,36-,37-,38+,39-,40-,41+,42+,43+,44+,45-/m1/s1. The first-order chi connectivity index (χ1) is 28.4. The van der Waals surface area contributed by atoms with Gasteiger partial charge in [0.1, 0.15) is 59.4 Å². The first kappa shape index (κ1) is 43.9. The molecule has 0 bridgehead atoms. The predicted octanol–water partition coefficient (Wildman–Crippen LogP) is 3.92. The monoisotopic (exact) mass is 844 g/mol. The predicted molar refractivity (Wildman–Crippen MR) is 210 cm³/mol. The second kappa shape index (κ2) is 16.1. The normalized spacial score (nSPS) is 48.1. The molecular formula is C45H64O15. The average molecular weight is 845 g/mol. The molecule has 3 N–H and O–H groups in total. The van der Waals surface area contributed by atoms with Gasteiger partial charge in [0.15, 0.2) is 12.6 Å². The third-order valence-corrected chi connectivity index (χ3v) is 16.1. The van der Waals surface area contributed by atoms with E-state index in [4.69, 9.17) is 42.6 Å². The Kier molecular flexibility index (Phi) is 11.8. The van der Waals surface area contributed by atoms with E-state index >= 15 is 0 Å². The van der Waals surface area contributed by atoms with Crippen molar-refractivity contribution in [3.63, 3.8) is 0 Å². The molecular weight excluding hydrogens is 780 g/mol. The van der Waals surface area contributed by atoms with Gasteiger partial charge in [0.05, 0.1) is 30.8 Å². The molecule has 7 fully saturated rings. The number of benzene rings is 1. The van der Waals surface area contributed by atoms with Gasteiger partial charge in [0.25, 0.3) is 0 Å². The molecule has 0 amide bonds. The van der Waals surface area contributed by atoms with Crippen molar-refractivity contribution < 1.29 is 72.3 Å². The number of esters is 2. The van der Waals surface area contributed by atoms with Gasteiger partial charge >= 0.3 is 11.9 Å². The Morgan fingerprint density at radius 2 is 1.55 bits per heavy atom. The van der Waals surface area contributed by atoms with Crippen LogP contribution >= 0.6 is 0 Å². The molecule has 15 nitrogen and oxygen atoms in total. The van der Waals surface area contributed by atoms with E-state index in [0.29, 0.717) is 37.7 Å². The van der Waals surface area contributed by atoms with Crippen molar-refractivity contribution in [2.45, 2.75) is 184 Å². The molecule has 2 spiro atoms. The van der Waals surface area contributed by atoms with Crippen LogP contribution < -0.4 is 0 Å². The quantitative estimate of drug-likeness (QED) is 0.165. The fourth-order valence-corrected chi connectivity index (χ4v) is 13.3. The molecule has 60 heavy (non-hydrogen) atoms. The summed E-state index contributed by atoms with van der Waals surface area (Å²) in [6, 6.07) is 6.41. The molecule has 0 radical (unpaired) electrons. The van der Waals surface area contributed by atoms with Gasteiger partial charge in [-0.15, -0.1) is 0 Å². The fraction of sp³-hybridized carbons (Fsp3) is 0.800. The highest BCUT2D eigenvalue weighted by molar-refractivity contribution is 5.81. The van der Waals surface area contributed by atoms with Crippen molar-refractivity contribution in [2.75, 3.05) is 14.2 Å². The third kappa shape index (κ3) is 6.93. The summed E-state index contributed by atoms with van der Waals surface area (Å²) in [5, 5.41) is 31.2. The molecule has 3 saturated heterocycles. The lowest BCUT2D eigenvalue weighted by Gasteiger charge is -2.61. The van der Waals surface area contributed by atoms with Crippen LogP contribution in [0.5, 0.6) is 5.75 Å². The first-order valence-electron chi connectivity index (χ1n) is 21.8. The number of hydrogen-bond acceptors (Lipinski definition) is 15. The summed E-state index contributed by atoms with van der Waals surface area (Å²) in [7, 11) is 3.03. The van der Waals surface area contributed by atoms with Gasteiger partial charge in [-0.1, -0.05) is 26.0 Å². The van der Waals surface area contributed by atoms with E-state index < -0.39 is 107 Å². The summed E-state index contributed by atoms with van der Waals surface area (Å²) in [6.45, 7) is 10.8. The number of aliphatic hydroxyl groups is 2. The molecule has 3 aliphatic heterocycles. The summed E-state index contributed by atoms with van der Waals surface area (Å²) in [5.74, 6) is -1.51. The van der Waals surface area contributed by atoms with Crippen molar-refractivity contribution in [1.82, 2.24) is 0 Å². The molecule has 7 aliphatic rings. The number of methoxy groups -OCH3 is 2. The van der Waals surface area contributed by atoms with Crippen molar-refractivity contribution in [3.05, 3.63) is 29.8 Å². The summed E-state index contributed by atoms with van der Waals surface area (Å²) in [5.41, 5.74) is -2.01. The number of carbonyl (C=O) groups is 3. The number of Topliss-reactive ketones (excluding diaryl/α,β-unsaturated/α-hetero) is 1. The molecule has 0 aromatic heterocycles. The van der Waals surface area contributed by atoms with E-state index in [9.17, 15) is 29.7 Å². The van der Waals surface area contributed by atoms with Crippen LogP contribution in [0, 0.1) is 28.6 Å². The van der Waals surface area contributed by atoms with Gasteiger partial charge in [-0.3, -0.25) is 14.4 Å². The van der Waals surface area contributed by atoms with Crippen LogP contribution in [0.15, 0.2) is 24.3 Å². The lowest BCUT2D eigenvalue weighted by molar-refractivity contribution is -0.343. The van der Waals surface area contributed by atoms with Gasteiger partial charge in [0.2, 0.25) is 0 Å². The molecule has 15 heteroatoms. The van der Waals surface area contributed by atoms with Crippen LogP contribution in [0.2, 0.25) is 0 Å². The highest BCUT2D eigenvalue weighted by Gasteiger charge is 2.91. The van der Waals surface area contributed by atoms with E-state index in [1.54, 1.807) is 33.1 Å². The van der Waals surface area contributed by atoms with Crippen molar-refractivity contribution in [2.24, 2.45) is 28.6 Å². The second-order valence-electron chi connectivity index (χ2n) is 19.2. The largest absolute Gasteiger partial charge is 0.508 e. The lowest BCUT2D eigenvalue weighted by Crippen LogP contribution is -2.70. The number of hydrogen-bond donors (Lipinski definition) is 3. The van der Waals surface area contributed by atoms with Gasteiger partial charge in [-0.05, 0) is 94.7 Å². The molecule has 8 rings (SSSR count). The van der Waals surface area contributed by atoms with E-state index in [1.165, 1.54) is 26.2 Å². The van der Waals surface area contributed by atoms with E-state index in [-0.39, 0.29) is 35.9 Å². The SMILES string of the molecule is CO[C@H]1[C@@H](O)[C@H](O[C@@H]2[C@@H](C)O[C@@H](O[C@H]3CC[C@@]4(C)[C@@H](CC[C@@]56O[C@@]57CC[C@@H](C(C)=O)[C@@]7(C)[C@H](OC(C)=O)[C@@H](OC(=O)Cc5ccc(O)cc5)[C@H]46)C3)C[C@H]2OC)O[C@H](C)[C@H]1O. The van der Waals surface area contributed by atoms with Gasteiger partial charge in [-0.25, -0.2) is 0 Å². The first-order valence-corrected chi connectivity index (χ1v) is 21.8. The van der Waals surface area contributed by atoms with E-state index in [0.717, 1.165) is 19.3 Å². The fourth-order valence-electron chi connectivity index (χ4n) is 13.3. The molecule has 334 valence electrons. The number of carbonyl (C=O) groups excluding carboxylic acids is 3. The minimum atomic E-state index is -1.23. The summed E-state index contributed by atoms with van der Waals surface area (Å²) in [6.07, 6.45) is -3.58. The zero-order valence-corrected chi connectivity index (χ0v) is 36.1. The number of ketones is 1. The van der Waals surface area contributed by atoms with Crippen molar-refractivity contribution in [3.8, 4) is 5.75 Å². The van der Waals surface area contributed by atoms with Crippen LogP contribution in [0.4, 0.5) is 0 Å². The Bertz CT molecular complexity index is 1770. The number of aliphatic hydroxyl groups excluding tert-OH is 2. The van der Waals surface area contributed by atoms with Crippen LogP contribution in [0.1, 0.15) is 98.5 Å². The third-order valence-electron chi connectivity index (χ3n) is 16.1. The van der Waals surface area contributed by atoms with Gasteiger partial charge < -0.3 is 58.0 Å². The number of fused-ring (bicyclic) bond motifs is 2. The van der Waals surface area contributed by atoms with Gasteiger partial charge in [-0.2, -0.15) is 0 Å². The Hall–Kier alpha value is -2.73. The Balaban J connectivity index is 1.02. The van der Waals surface area contributed by atoms with Crippen LogP contribution in [0.3, 0.4) is 0 Å². The number of phenols is 1. The average Bonchev–Trinajstić information content (AvgIpc) is 3.74. The van der Waals surface area contributed by atoms with E-state index in [1.807, 2.05) is 13.8 Å². The Labute approximate surface area is 352 Å². The number of phenolic OH excluding ortho intramolecular Hbond substituents is 1. The van der Waals surface area contributed by atoms with Crippen LogP contribution in [0.25, 0.3) is 0 Å². The maximum absolute atomic E-state index is 14.0. The van der Waals surface area contributed by atoms with Crippen LogP contribution in [-0.4, -0.2) is 132 Å². The van der Waals surface area contributed by atoms with Crippen molar-refractivity contribution >= 4 is 17.7 Å². The highest BCUT2D eigenvalue weighted by atomic mass is 16.7. The Morgan fingerprint density at radius 3 is 2.22 bits per heavy atom. The van der Waals surface area contributed by atoms with E-state index in [2.05, 4.69) is 6.92 Å². The summed E-state index contributed by atoms with van der Waals surface area (Å²) >= 11 is 0. The highest BCUT2D eigenvalue weighted by Crippen LogP contribution is 2.81. The smallest absolute Gasteiger partial charge is 0.310 e. The van der Waals surface area contributed by atoms with Crippen LogP contribution in [-0.2, 0) is 63.4 Å². The second-order valence-corrected chi connectivity index (χ2v) is 19.2. The minimum absolute atomic E-state index is 0.00396. The maximum atomic E-state index is 14.0. The number of aromatic hydroxyl groups is 1. The summed E-state index contributed by atoms with van der Waals surface area (Å²) in [4.78, 5) is 40.4. The zero-order valence-electron chi connectivity index (χ0n) is 36.1. The number of rotatable bonds is 11. The maximum Gasteiger partial charge on any atom is 0.310 e. The molecule has 1 aromatic carbocycles. The topological polar surface area (TPSA) is 198 Å². The van der Waals surface area contributed by atoms with Crippen molar-refractivity contribution in [1.29, 1.82) is 0 Å². The summed E-state index contributed by atoms with van der Waals surface area (Å²) < 4.78 is 56.6. The number of ether oxygens (including phenoxy) is 9. The number of epoxide rings is 1.